The van der Waals surface area contributed by atoms with Gasteiger partial charge < -0.3 is 15.2 Å². The largest absolute Gasteiger partial charge is 0.473 e. The van der Waals surface area contributed by atoms with E-state index in [0.717, 1.165) is 25.2 Å². The molecule has 0 aromatic carbocycles. The maximum absolute atomic E-state index is 11.6. The lowest BCUT2D eigenvalue weighted by atomic mass is 9.80. The van der Waals surface area contributed by atoms with Crippen LogP contribution >= 0.6 is 0 Å². The number of rotatable bonds is 3. The minimum atomic E-state index is -0.472. The summed E-state index contributed by atoms with van der Waals surface area (Å²) >= 11 is 0. The van der Waals surface area contributed by atoms with Gasteiger partial charge in [0.05, 0.1) is 12.7 Å². The predicted molar refractivity (Wildman–Crippen MR) is 76.6 cm³/mol. The molecule has 1 saturated carbocycles. The molecule has 1 heterocycles. The first-order chi connectivity index (χ1) is 9.52. The van der Waals surface area contributed by atoms with Crippen LogP contribution in [0.25, 0.3) is 0 Å². The van der Waals surface area contributed by atoms with Crippen LogP contribution in [0, 0.1) is 11.8 Å². The molecule has 3 atom stereocenters. The van der Waals surface area contributed by atoms with Crippen molar-refractivity contribution in [2.75, 3.05) is 12.8 Å². The van der Waals surface area contributed by atoms with Crippen molar-refractivity contribution in [2.45, 2.75) is 39.2 Å². The Hall–Kier alpha value is -1.78. The Morgan fingerprint density at radius 3 is 2.75 bits per heavy atom. The van der Waals surface area contributed by atoms with E-state index >= 15 is 0 Å². The zero-order valence-electron chi connectivity index (χ0n) is 12.3. The van der Waals surface area contributed by atoms with Crippen molar-refractivity contribution in [3.05, 3.63) is 17.8 Å². The number of methoxy groups -OCH3 is 1. The highest BCUT2D eigenvalue weighted by atomic mass is 16.5. The summed E-state index contributed by atoms with van der Waals surface area (Å²) in [5.41, 5.74) is 6.51. The minimum absolute atomic E-state index is 0.115. The van der Waals surface area contributed by atoms with Crippen molar-refractivity contribution < 1.29 is 14.3 Å². The van der Waals surface area contributed by atoms with E-state index in [1.807, 2.05) is 0 Å². The first-order valence-electron chi connectivity index (χ1n) is 7.02. The number of carbonyl (C=O) groups is 1. The Morgan fingerprint density at radius 2 is 2.10 bits per heavy atom. The van der Waals surface area contributed by atoms with Crippen molar-refractivity contribution in [1.29, 1.82) is 0 Å². The van der Waals surface area contributed by atoms with Crippen LogP contribution in [0.1, 0.15) is 43.5 Å². The van der Waals surface area contributed by atoms with Crippen molar-refractivity contribution in [3.8, 4) is 5.88 Å². The average molecular weight is 278 g/mol. The number of aromatic nitrogens is 1. The quantitative estimate of drug-likeness (QED) is 0.860. The van der Waals surface area contributed by atoms with Gasteiger partial charge in [0.15, 0.2) is 0 Å². The Balaban J connectivity index is 2.12. The van der Waals surface area contributed by atoms with Gasteiger partial charge in [0.25, 0.3) is 0 Å². The number of pyridine rings is 1. The summed E-state index contributed by atoms with van der Waals surface area (Å²) < 4.78 is 10.6. The van der Waals surface area contributed by atoms with E-state index in [0.29, 0.717) is 17.4 Å². The van der Waals surface area contributed by atoms with E-state index in [2.05, 4.69) is 18.8 Å². The first-order valence-corrected chi connectivity index (χ1v) is 7.02. The van der Waals surface area contributed by atoms with E-state index in [-0.39, 0.29) is 11.8 Å². The normalized spacial score (nSPS) is 26.1. The summed E-state index contributed by atoms with van der Waals surface area (Å²) in [4.78, 5) is 15.7. The summed E-state index contributed by atoms with van der Waals surface area (Å²) in [5.74, 6) is 1.21. The topological polar surface area (TPSA) is 74.4 Å². The molecule has 0 saturated heterocycles. The molecule has 110 valence electrons. The standard InChI is InChI=1S/C15H22N2O3/c1-9-4-5-11(8-10(9)2)20-14-13(16)12(6-7-17-14)15(18)19-3/h6-7,9-11H,4-5,8,16H2,1-3H3. The number of hydrogen-bond donors (Lipinski definition) is 1. The van der Waals surface area contributed by atoms with Crippen LogP contribution in [0.2, 0.25) is 0 Å². The molecular formula is C15H22N2O3. The van der Waals surface area contributed by atoms with Gasteiger partial charge in [0.2, 0.25) is 5.88 Å². The Bertz CT molecular complexity index is 490. The van der Waals surface area contributed by atoms with Crippen molar-refractivity contribution in [2.24, 2.45) is 11.8 Å². The van der Waals surface area contributed by atoms with E-state index in [9.17, 15) is 4.79 Å². The molecule has 5 nitrogen and oxygen atoms in total. The molecule has 1 aromatic rings. The SMILES string of the molecule is COC(=O)c1ccnc(OC2CCC(C)C(C)C2)c1N. The maximum atomic E-state index is 11.6. The van der Waals surface area contributed by atoms with Gasteiger partial charge in [-0.15, -0.1) is 0 Å². The summed E-state index contributed by atoms with van der Waals surface area (Å²) in [6.07, 6.45) is 4.76. The second kappa shape index (κ2) is 6.11. The van der Waals surface area contributed by atoms with Crippen molar-refractivity contribution in [1.82, 2.24) is 4.98 Å². The molecule has 0 amide bonds. The highest BCUT2D eigenvalue weighted by molar-refractivity contribution is 5.95. The van der Waals surface area contributed by atoms with Gasteiger partial charge in [-0.25, -0.2) is 9.78 Å². The molecule has 1 aliphatic rings. The molecule has 0 spiro atoms. The van der Waals surface area contributed by atoms with E-state index in [1.165, 1.54) is 13.3 Å². The predicted octanol–water partition coefficient (Wildman–Crippen LogP) is 2.65. The Kier molecular flexibility index (Phi) is 4.47. The average Bonchev–Trinajstić information content (AvgIpc) is 2.44. The molecule has 0 radical (unpaired) electrons. The van der Waals surface area contributed by atoms with Crippen molar-refractivity contribution >= 4 is 11.7 Å². The van der Waals surface area contributed by atoms with Crippen LogP contribution in [0.3, 0.4) is 0 Å². The minimum Gasteiger partial charge on any atom is -0.473 e. The Morgan fingerprint density at radius 1 is 1.35 bits per heavy atom. The van der Waals surface area contributed by atoms with E-state index < -0.39 is 5.97 Å². The number of nitrogen functional groups attached to an aromatic ring is 1. The third kappa shape index (κ3) is 3.03. The van der Waals surface area contributed by atoms with E-state index in [1.54, 1.807) is 6.07 Å². The van der Waals surface area contributed by atoms with Crippen LogP contribution in [0.4, 0.5) is 5.69 Å². The van der Waals surface area contributed by atoms with Gasteiger partial charge in [0.1, 0.15) is 11.8 Å². The third-order valence-electron chi connectivity index (χ3n) is 4.19. The number of carbonyl (C=O) groups excluding carboxylic acids is 1. The molecule has 20 heavy (non-hydrogen) atoms. The molecule has 5 heteroatoms. The highest BCUT2D eigenvalue weighted by Gasteiger charge is 2.27. The lowest BCUT2D eigenvalue weighted by Crippen LogP contribution is -2.29. The number of nitrogens with two attached hydrogens (primary N) is 1. The number of esters is 1. The van der Waals surface area contributed by atoms with Gasteiger partial charge in [0, 0.05) is 6.20 Å². The Labute approximate surface area is 119 Å². The fourth-order valence-corrected chi connectivity index (χ4v) is 2.60. The first kappa shape index (κ1) is 14.6. The number of nitrogens with zero attached hydrogens (tertiary/aromatic N) is 1. The molecule has 2 rings (SSSR count). The summed E-state index contributed by atoms with van der Waals surface area (Å²) in [6, 6.07) is 1.54. The van der Waals surface area contributed by atoms with Gasteiger partial charge in [-0.2, -0.15) is 0 Å². The van der Waals surface area contributed by atoms with Crippen LogP contribution in [-0.2, 0) is 4.74 Å². The van der Waals surface area contributed by atoms with Crippen molar-refractivity contribution in [3.63, 3.8) is 0 Å². The maximum Gasteiger partial charge on any atom is 0.340 e. The van der Waals surface area contributed by atoms with Gasteiger partial charge in [-0.1, -0.05) is 13.8 Å². The van der Waals surface area contributed by atoms with Gasteiger partial charge in [-0.05, 0) is 37.2 Å². The van der Waals surface area contributed by atoms with Crippen LogP contribution in [0.5, 0.6) is 5.88 Å². The summed E-state index contributed by atoms with van der Waals surface area (Å²) in [5, 5.41) is 0. The molecule has 1 aliphatic carbocycles. The molecule has 0 bridgehead atoms. The zero-order valence-corrected chi connectivity index (χ0v) is 12.3. The smallest absolute Gasteiger partial charge is 0.340 e. The number of hydrogen-bond acceptors (Lipinski definition) is 5. The fourth-order valence-electron chi connectivity index (χ4n) is 2.60. The monoisotopic (exact) mass is 278 g/mol. The van der Waals surface area contributed by atoms with Crippen LogP contribution in [0.15, 0.2) is 12.3 Å². The summed E-state index contributed by atoms with van der Waals surface area (Å²) in [6.45, 7) is 4.51. The van der Waals surface area contributed by atoms with Crippen LogP contribution in [-0.4, -0.2) is 24.2 Å². The fraction of sp³-hybridized carbons (Fsp3) is 0.600. The summed E-state index contributed by atoms with van der Waals surface area (Å²) in [7, 11) is 1.33. The number of ether oxygens (including phenoxy) is 2. The second-order valence-electron chi connectivity index (χ2n) is 5.58. The molecule has 3 unspecified atom stereocenters. The van der Waals surface area contributed by atoms with Gasteiger partial charge >= 0.3 is 5.97 Å². The number of anilines is 1. The lowest BCUT2D eigenvalue weighted by molar-refractivity contribution is 0.0599. The van der Waals surface area contributed by atoms with E-state index in [4.69, 9.17) is 15.2 Å². The lowest BCUT2D eigenvalue weighted by Gasteiger charge is -2.32. The molecular weight excluding hydrogens is 256 g/mol. The second-order valence-corrected chi connectivity index (χ2v) is 5.58. The molecule has 2 N–H and O–H groups in total. The van der Waals surface area contributed by atoms with Crippen LogP contribution < -0.4 is 10.5 Å². The zero-order chi connectivity index (χ0) is 14.7. The van der Waals surface area contributed by atoms with Gasteiger partial charge in [-0.3, -0.25) is 0 Å². The highest BCUT2D eigenvalue weighted by Crippen LogP contribution is 2.33. The molecule has 0 aliphatic heterocycles. The third-order valence-corrected chi connectivity index (χ3v) is 4.19. The molecule has 1 fully saturated rings. The molecule has 1 aromatic heterocycles.